The lowest BCUT2D eigenvalue weighted by molar-refractivity contribution is 0.150. The van der Waals surface area contributed by atoms with Crippen molar-refractivity contribution in [2.24, 2.45) is 0 Å². The molecule has 1 heterocycles. The van der Waals surface area contributed by atoms with Gasteiger partial charge in [0, 0.05) is 11.5 Å². The topological polar surface area (TPSA) is 0 Å². The molecule has 1 aliphatic heterocycles. The Morgan fingerprint density at radius 3 is 2.82 bits per heavy atom. The Labute approximate surface area is 78.7 Å². The predicted octanol–water partition coefficient (Wildman–Crippen LogP) is 3.43. The summed E-state index contributed by atoms with van der Waals surface area (Å²) >= 11 is 5.42. The molecular formula is C7H6ClF2I. The van der Waals surface area contributed by atoms with Crippen molar-refractivity contribution in [2.75, 3.05) is 0 Å². The van der Waals surface area contributed by atoms with Gasteiger partial charge in [0.05, 0.1) is 0 Å². The number of halogens is 4. The summed E-state index contributed by atoms with van der Waals surface area (Å²) in [4.78, 5) is 0. The summed E-state index contributed by atoms with van der Waals surface area (Å²) in [6.07, 6.45) is -0.815. The predicted molar refractivity (Wildman–Crippen MR) is 52.7 cm³/mol. The highest BCUT2D eigenvalue weighted by atomic mass is 127. The van der Waals surface area contributed by atoms with Gasteiger partial charge in [0.2, 0.25) is 6.43 Å². The first kappa shape index (κ1) is 9.32. The highest BCUT2D eigenvalue weighted by Crippen LogP contribution is 2.22. The Balaban J connectivity index is 2.61. The third kappa shape index (κ3) is 3.42. The third-order valence-electron chi connectivity index (χ3n) is 1.08. The molecule has 0 bridgehead atoms. The highest BCUT2D eigenvalue weighted by molar-refractivity contribution is 14.2. The van der Waals surface area contributed by atoms with Gasteiger partial charge in [0.1, 0.15) is 0 Å². The molecule has 4 heteroatoms. The molecule has 0 aliphatic carbocycles. The minimum atomic E-state index is -2.26. The molecule has 0 saturated carbocycles. The van der Waals surface area contributed by atoms with Crippen molar-refractivity contribution >= 4 is 36.3 Å². The van der Waals surface area contributed by atoms with Crippen LogP contribution in [0.15, 0.2) is 20.8 Å². The van der Waals surface area contributed by atoms with Crippen LogP contribution in [-0.4, -0.2) is 10.4 Å². The number of hydrogen-bond donors (Lipinski definition) is 0. The van der Waals surface area contributed by atoms with Crippen LogP contribution < -0.4 is 0 Å². The van der Waals surface area contributed by atoms with Crippen LogP contribution in [0.5, 0.6) is 0 Å². The van der Waals surface area contributed by atoms with E-state index in [0.717, 1.165) is 0 Å². The SMILES string of the molecule is FC(F)CC1=CI=CC(Cl)=C1. The van der Waals surface area contributed by atoms with Crippen LogP contribution in [-0.2, 0) is 0 Å². The van der Waals surface area contributed by atoms with E-state index in [1.807, 2.05) is 8.09 Å². The van der Waals surface area contributed by atoms with Crippen LogP contribution in [0.25, 0.3) is 0 Å². The number of hydrogen-bond acceptors (Lipinski definition) is 0. The minimum Gasteiger partial charge on any atom is -0.210 e. The molecule has 0 atom stereocenters. The average molecular weight is 290 g/mol. The van der Waals surface area contributed by atoms with Gasteiger partial charge in [0.25, 0.3) is 0 Å². The lowest BCUT2D eigenvalue weighted by Crippen LogP contribution is -1.93. The summed E-state index contributed by atoms with van der Waals surface area (Å²) in [6, 6.07) is 0. The maximum absolute atomic E-state index is 11.8. The quantitative estimate of drug-likeness (QED) is 0.684. The Morgan fingerprint density at radius 1 is 1.55 bits per heavy atom. The molecule has 0 radical (unpaired) electrons. The second-order valence-electron chi connectivity index (χ2n) is 2.04. The van der Waals surface area contributed by atoms with Gasteiger partial charge in [-0.2, -0.15) is 0 Å². The van der Waals surface area contributed by atoms with Gasteiger partial charge in [-0.05, 0) is 19.7 Å². The third-order valence-corrected chi connectivity index (χ3v) is 3.86. The summed E-state index contributed by atoms with van der Waals surface area (Å²) in [5.41, 5.74) is 0.681. The van der Waals surface area contributed by atoms with E-state index in [-0.39, 0.29) is 27.2 Å². The fraction of sp³-hybridized carbons (Fsp3) is 0.286. The smallest absolute Gasteiger partial charge is 0.210 e. The second-order valence-corrected chi connectivity index (χ2v) is 4.44. The number of alkyl halides is 2. The van der Waals surface area contributed by atoms with E-state index in [1.165, 1.54) is 0 Å². The molecule has 0 aromatic carbocycles. The van der Waals surface area contributed by atoms with Gasteiger partial charge in [-0.1, -0.05) is 32.3 Å². The molecule has 0 amide bonds. The molecule has 0 nitrogen and oxygen atoms in total. The van der Waals surface area contributed by atoms with Crippen molar-refractivity contribution in [3.8, 4) is 0 Å². The van der Waals surface area contributed by atoms with E-state index in [4.69, 9.17) is 11.6 Å². The van der Waals surface area contributed by atoms with Gasteiger partial charge >= 0.3 is 0 Å². The van der Waals surface area contributed by atoms with Gasteiger partial charge < -0.3 is 0 Å². The first-order chi connectivity index (χ1) is 5.18. The van der Waals surface area contributed by atoms with Crippen molar-refractivity contribution in [3.63, 3.8) is 0 Å². The second kappa shape index (κ2) is 4.30. The molecule has 1 aliphatic rings. The van der Waals surface area contributed by atoms with Gasteiger partial charge in [-0.15, -0.1) is 0 Å². The van der Waals surface area contributed by atoms with Crippen LogP contribution in [0.1, 0.15) is 6.42 Å². The summed E-state index contributed by atoms with van der Waals surface area (Å²) in [5, 5.41) is 0.607. The molecule has 1 rings (SSSR count). The Bertz CT molecular complexity index is 231. The van der Waals surface area contributed by atoms with Crippen LogP contribution in [0.2, 0.25) is 0 Å². The average Bonchev–Trinajstić information content (AvgIpc) is 1.85. The fourth-order valence-electron chi connectivity index (χ4n) is 0.694. The van der Waals surface area contributed by atoms with E-state index in [2.05, 4.69) is 0 Å². The maximum atomic E-state index is 11.8. The molecule has 0 saturated heterocycles. The first-order valence-electron chi connectivity index (χ1n) is 2.98. The zero-order chi connectivity index (χ0) is 8.27. The van der Waals surface area contributed by atoms with Crippen molar-refractivity contribution in [3.05, 3.63) is 20.8 Å². The van der Waals surface area contributed by atoms with Crippen LogP contribution in [0.4, 0.5) is 8.78 Å². The molecule has 0 N–H and O–H groups in total. The van der Waals surface area contributed by atoms with E-state index in [0.29, 0.717) is 10.6 Å². The maximum Gasteiger partial charge on any atom is 0.242 e. The summed E-state index contributed by atoms with van der Waals surface area (Å²) in [6.45, 7) is 0. The molecule has 11 heavy (non-hydrogen) atoms. The minimum absolute atomic E-state index is 0.163. The molecule has 62 valence electrons. The Kier molecular flexibility index (Phi) is 3.65. The standard InChI is InChI=1S/C7H6ClF2I/c8-6-1-5(2-7(9)10)3-11-4-6/h1,3-4,7H,2H2. The van der Waals surface area contributed by atoms with Gasteiger partial charge in [0.15, 0.2) is 0 Å². The molecular weight excluding hydrogens is 284 g/mol. The van der Waals surface area contributed by atoms with E-state index >= 15 is 0 Å². The van der Waals surface area contributed by atoms with Crippen molar-refractivity contribution < 1.29 is 8.78 Å². The van der Waals surface area contributed by atoms with E-state index < -0.39 is 6.43 Å². The Hall–Kier alpha value is 0.230. The lowest BCUT2D eigenvalue weighted by atomic mass is 10.2. The monoisotopic (exact) mass is 290 g/mol. The van der Waals surface area contributed by atoms with E-state index in [9.17, 15) is 8.78 Å². The molecule has 0 aromatic heterocycles. The molecule has 0 spiro atoms. The zero-order valence-electron chi connectivity index (χ0n) is 5.53. The Morgan fingerprint density at radius 2 is 2.27 bits per heavy atom. The normalized spacial score (nSPS) is 17.5. The first-order valence-corrected chi connectivity index (χ1v) is 5.85. The number of rotatable bonds is 2. The summed E-state index contributed by atoms with van der Waals surface area (Å²) in [5.74, 6) is 0. The highest BCUT2D eigenvalue weighted by Gasteiger charge is 2.06. The fourth-order valence-corrected chi connectivity index (χ4v) is 2.75. The summed E-state index contributed by atoms with van der Waals surface area (Å²) < 4.78 is 27.4. The molecule has 0 aromatic rings. The number of allylic oxidation sites excluding steroid dienone is 3. The molecule has 0 unspecified atom stereocenters. The van der Waals surface area contributed by atoms with Crippen molar-refractivity contribution in [2.45, 2.75) is 12.8 Å². The molecule has 0 fully saturated rings. The zero-order valence-corrected chi connectivity index (χ0v) is 8.44. The van der Waals surface area contributed by atoms with Crippen molar-refractivity contribution in [1.82, 2.24) is 0 Å². The van der Waals surface area contributed by atoms with Crippen LogP contribution in [0.3, 0.4) is 0 Å². The lowest BCUT2D eigenvalue weighted by Gasteiger charge is -2.02. The van der Waals surface area contributed by atoms with Gasteiger partial charge in [-0.3, -0.25) is 0 Å². The summed E-state index contributed by atoms with van der Waals surface area (Å²) in [7, 11) is 0. The van der Waals surface area contributed by atoms with Gasteiger partial charge in [-0.25, -0.2) is 8.78 Å². The van der Waals surface area contributed by atoms with Crippen LogP contribution >= 0.6 is 32.3 Å². The largest absolute Gasteiger partial charge is 0.242 e. The van der Waals surface area contributed by atoms with Crippen molar-refractivity contribution in [1.29, 1.82) is 0 Å². The van der Waals surface area contributed by atoms with E-state index in [1.54, 1.807) is 6.08 Å². The van der Waals surface area contributed by atoms with Crippen LogP contribution in [0, 0.1) is 0 Å².